The van der Waals surface area contributed by atoms with Crippen LogP contribution >= 0.6 is 15.9 Å². The minimum absolute atomic E-state index is 0.0682. The summed E-state index contributed by atoms with van der Waals surface area (Å²) >= 11 is 3.44. The summed E-state index contributed by atoms with van der Waals surface area (Å²) in [6.07, 6.45) is 0.564. The van der Waals surface area contributed by atoms with E-state index >= 15 is 0 Å². The highest BCUT2D eigenvalue weighted by Gasteiger charge is 2.28. The van der Waals surface area contributed by atoms with Gasteiger partial charge in [-0.1, -0.05) is 28.1 Å². The van der Waals surface area contributed by atoms with Gasteiger partial charge in [0.15, 0.2) is 0 Å². The molecule has 0 spiro atoms. The molecule has 104 valence electrons. The maximum Gasteiger partial charge on any atom is 0.126 e. The van der Waals surface area contributed by atoms with Crippen LogP contribution in [0, 0.1) is 12.7 Å². The van der Waals surface area contributed by atoms with Crippen LogP contribution in [0.2, 0.25) is 0 Å². The molecule has 0 saturated heterocycles. The second kappa shape index (κ2) is 5.19. The molecule has 2 aromatic carbocycles. The van der Waals surface area contributed by atoms with Crippen molar-refractivity contribution in [2.75, 3.05) is 0 Å². The predicted molar refractivity (Wildman–Crippen MR) is 80.2 cm³/mol. The summed E-state index contributed by atoms with van der Waals surface area (Å²) in [6, 6.07) is 10.6. The summed E-state index contributed by atoms with van der Waals surface area (Å²) in [5.74, 6) is 0.571. The number of rotatable bonds is 1. The van der Waals surface area contributed by atoms with Crippen LogP contribution in [-0.2, 0) is 0 Å². The third-order valence-corrected chi connectivity index (χ3v) is 4.18. The molecule has 0 aliphatic carbocycles. The van der Waals surface area contributed by atoms with E-state index in [0.29, 0.717) is 6.42 Å². The second-order valence-electron chi connectivity index (χ2n) is 5.13. The van der Waals surface area contributed by atoms with Crippen LogP contribution in [0.1, 0.15) is 35.3 Å². The molecule has 0 bridgehead atoms. The van der Waals surface area contributed by atoms with Gasteiger partial charge in [-0.2, -0.15) is 0 Å². The number of hydrogen-bond donors (Lipinski definition) is 1. The zero-order chi connectivity index (χ0) is 14.3. The molecule has 1 heterocycles. The minimum atomic E-state index is -0.227. The van der Waals surface area contributed by atoms with Crippen molar-refractivity contribution in [1.82, 2.24) is 0 Å². The Morgan fingerprint density at radius 3 is 2.70 bits per heavy atom. The molecule has 2 atom stereocenters. The lowest BCUT2D eigenvalue weighted by atomic mass is 9.92. The Labute approximate surface area is 125 Å². The van der Waals surface area contributed by atoms with Gasteiger partial charge in [-0.15, -0.1) is 0 Å². The first-order valence-corrected chi connectivity index (χ1v) is 7.31. The van der Waals surface area contributed by atoms with E-state index in [1.165, 1.54) is 12.1 Å². The number of hydrogen-bond acceptors (Lipinski definition) is 2. The van der Waals surface area contributed by atoms with Gasteiger partial charge in [-0.25, -0.2) is 4.39 Å². The minimum Gasteiger partial charge on any atom is -0.485 e. The molecule has 2 nitrogen and oxygen atoms in total. The molecule has 2 aromatic rings. The van der Waals surface area contributed by atoms with Gasteiger partial charge in [-0.05, 0) is 42.3 Å². The average molecular weight is 336 g/mol. The Bertz CT molecular complexity index is 659. The predicted octanol–water partition coefficient (Wildman–Crippen LogP) is 4.42. The van der Waals surface area contributed by atoms with Crippen LogP contribution in [-0.4, -0.2) is 0 Å². The number of halogens is 2. The maximum atomic E-state index is 13.2. The molecule has 3 rings (SSSR count). The first-order valence-electron chi connectivity index (χ1n) is 6.52. The molecule has 2 N–H and O–H groups in total. The van der Waals surface area contributed by atoms with Crippen LogP contribution in [0.15, 0.2) is 40.9 Å². The Morgan fingerprint density at radius 2 is 1.95 bits per heavy atom. The first-order chi connectivity index (χ1) is 9.54. The fraction of sp³-hybridized carbons (Fsp3) is 0.250. The van der Waals surface area contributed by atoms with Crippen molar-refractivity contribution in [3.8, 4) is 5.75 Å². The van der Waals surface area contributed by atoms with E-state index in [0.717, 1.165) is 26.9 Å². The molecular formula is C16H15BrFNO. The lowest BCUT2D eigenvalue weighted by Crippen LogP contribution is -2.24. The van der Waals surface area contributed by atoms with Crippen LogP contribution in [0.3, 0.4) is 0 Å². The number of ether oxygens (including phenoxy) is 1. The molecule has 1 aliphatic rings. The summed E-state index contributed by atoms with van der Waals surface area (Å²) < 4.78 is 20.2. The SMILES string of the molecule is Cc1cc(F)ccc1C1C[C@H](N)c2ccc(Br)cc2O1. The lowest BCUT2D eigenvalue weighted by molar-refractivity contribution is 0.160. The van der Waals surface area contributed by atoms with Crippen molar-refractivity contribution in [2.45, 2.75) is 25.5 Å². The summed E-state index contributed by atoms with van der Waals surface area (Å²) in [6.45, 7) is 1.89. The quantitative estimate of drug-likeness (QED) is 0.837. The Kier molecular flexibility index (Phi) is 3.52. The van der Waals surface area contributed by atoms with Gasteiger partial charge in [0.05, 0.1) is 0 Å². The molecule has 0 fully saturated rings. The first kappa shape index (κ1) is 13.6. The van der Waals surface area contributed by atoms with Crippen LogP contribution in [0.25, 0.3) is 0 Å². The standard InChI is InChI=1S/C16H15BrFNO/c1-9-6-11(18)3-5-12(9)16-8-14(19)13-4-2-10(17)7-15(13)20-16/h2-7,14,16H,8,19H2,1H3/t14-,16?/m0/s1. The van der Waals surface area contributed by atoms with Crippen molar-refractivity contribution in [1.29, 1.82) is 0 Å². The smallest absolute Gasteiger partial charge is 0.126 e. The van der Waals surface area contributed by atoms with E-state index in [1.54, 1.807) is 6.07 Å². The number of nitrogens with two attached hydrogens (primary N) is 1. The molecular weight excluding hydrogens is 321 g/mol. The highest BCUT2D eigenvalue weighted by atomic mass is 79.9. The molecule has 1 unspecified atom stereocenters. The van der Waals surface area contributed by atoms with Crippen molar-refractivity contribution in [3.63, 3.8) is 0 Å². The van der Waals surface area contributed by atoms with E-state index in [2.05, 4.69) is 15.9 Å². The Hall–Kier alpha value is -1.39. The molecule has 0 radical (unpaired) electrons. The highest BCUT2D eigenvalue weighted by molar-refractivity contribution is 9.10. The van der Waals surface area contributed by atoms with E-state index in [9.17, 15) is 4.39 Å². The summed E-state index contributed by atoms with van der Waals surface area (Å²) in [4.78, 5) is 0. The highest BCUT2D eigenvalue weighted by Crippen LogP contribution is 2.41. The fourth-order valence-electron chi connectivity index (χ4n) is 2.67. The number of aryl methyl sites for hydroxylation is 1. The summed E-state index contributed by atoms with van der Waals surface area (Å²) in [5.41, 5.74) is 9.14. The molecule has 1 aliphatic heterocycles. The van der Waals surface area contributed by atoms with E-state index in [4.69, 9.17) is 10.5 Å². The maximum absolute atomic E-state index is 13.2. The van der Waals surface area contributed by atoms with Gasteiger partial charge in [0.1, 0.15) is 17.7 Å². The normalized spacial score (nSPS) is 21.2. The van der Waals surface area contributed by atoms with E-state index in [1.807, 2.05) is 25.1 Å². The largest absolute Gasteiger partial charge is 0.485 e. The summed E-state index contributed by atoms with van der Waals surface area (Å²) in [5, 5.41) is 0. The van der Waals surface area contributed by atoms with E-state index < -0.39 is 0 Å². The van der Waals surface area contributed by atoms with Crippen LogP contribution in [0.5, 0.6) is 5.75 Å². The Morgan fingerprint density at radius 1 is 1.20 bits per heavy atom. The lowest BCUT2D eigenvalue weighted by Gasteiger charge is -2.31. The van der Waals surface area contributed by atoms with Crippen molar-refractivity contribution >= 4 is 15.9 Å². The van der Waals surface area contributed by atoms with Crippen molar-refractivity contribution < 1.29 is 9.13 Å². The molecule has 20 heavy (non-hydrogen) atoms. The fourth-order valence-corrected chi connectivity index (χ4v) is 3.01. The van der Waals surface area contributed by atoms with E-state index in [-0.39, 0.29) is 18.0 Å². The average Bonchev–Trinajstić information content (AvgIpc) is 2.37. The Balaban J connectivity index is 1.98. The number of fused-ring (bicyclic) bond motifs is 1. The third-order valence-electron chi connectivity index (χ3n) is 3.69. The zero-order valence-corrected chi connectivity index (χ0v) is 12.7. The third kappa shape index (κ3) is 2.45. The van der Waals surface area contributed by atoms with Gasteiger partial charge in [0.25, 0.3) is 0 Å². The van der Waals surface area contributed by atoms with Crippen LogP contribution < -0.4 is 10.5 Å². The second-order valence-corrected chi connectivity index (χ2v) is 6.05. The molecule has 0 saturated carbocycles. The van der Waals surface area contributed by atoms with Crippen LogP contribution in [0.4, 0.5) is 4.39 Å². The summed E-state index contributed by atoms with van der Waals surface area (Å²) in [7, 11) is 0. The molecule has 0 aromatic heterocycles. The van der Waals surface area contributed by atoms with Crippen molar-refractivity contribution in [2.24, 2.45) is 5.73 Å². The van der Waals surface area contributed by atoms with Crippen molar-refractivity contribution in [3.05, 3.63) is 63.4 Å². The topological polar surface area (TPSA) is 35.2 Å². The molecule has 4 heteroatoms. The van der Waals surface area contributed by atoms with Gasteiger partial charge in [0, 0.05) is 22.5 Å². The van der Waals surface area contributed by atoms with Gasteiger partial charge in [0.2, 0.25) is 0 Å². The number of benzene rings is 2. The molecule has 0 amide bonds. The zero-order valence-electron chi connectivity index (χ0n) is 11.1. The monoisotopic (exact) mass is 335 g/mol. The van der Waals surface area contributed by atoms with Gasteiger partial charge >= 0.3 is 0 Å². The van der Waals surface area contributed by atoms with Gasteiger partial charge < -0.3 is 10.5 Å². The van der Waals surface area contributed by atoms with Gasteiger partial charge in [-0.3, -0.25) is 0 Å².